The number of ether oxygens (including phenoxy) is 1. The van der Waals surface area contributed by atoms with Crippen LogP contribution in [0.15, 0.2) is 16.6 Å². The van der Waals surface area contributed by atoms with Gasteiger partial charge in [0, 0.05) is 26.2 Å². The van der Waals surface area contributed by atoms with Crippen LogP contribution in [-0.4, -0.2) is 54.7 Å². The third kappa shape index (κ3) is 4.41. The standard InChI is InChI=1S/C15H22BrN3O2/c1-15(2,3)21-14(20)13-11(16)5-6-12(17-13)19-9-7-18(4)8-10-19/h5-6H,7-10H2,1-4H3. The topological polar surface area (TPSA) is 45.7 Å². The molecule has 0 amide bonds. The van der Waals surface area contributed by atoms with Gasteiger partial charge >= 0.3 is 5.97 Å². The first-order chi connectivity index (χ1) is 9.76. The first kappa shape index (κ1) is 16.2. The van der Waals surface area contributed by atoms with Gasteiger partial charge in [-0.15, -0.1) is 0 Å². The number of carbonyl (C=O) groups excluding carboxylic acids is 1. The monoisotopic (exact) mass is 355 g/mol. The normalized spacial score (nSPS) is 16.9. The summed E-state index contributed by atoms with van der Waals surface area (Å²) in [6.07, 6.45) is 0. The average Bonchev–Trinajstić information content (AvgIpc) is 2.38. The highest BCUT2D eigenvalue weighted by Gasteiger charge is 2.23. The molecule has 1 fully saturated rings. The second kappa shape index (κ2) is 6.32. The molecule has 0 radical (unpaired) electrons. The van der Waals surface area contributed by atoms with E-state index in [1.54, 1.807) is 0 Å². The molecule has 0 saturated carbocycles. The number of likely N-dealkylation sites (N-methyl/N-ethyl adjacent to an activating group) is 1. The van der Waals surface area contributed by atoms with Crippen LogP contribution in [0, 0.1) is 0 Å². The Hall–Kier alpha value is -1.14. The van der Waals surface area contributed by atoms with E-state index < -0.39 is 11.6 Å². The number of hydrogen-bond acceptors (Lipinski definition) is 5. The number of halogens is 1. The number of piperazine rings is 1. The summed E-state index contributed by atoms with van der Waals surface area (Å²) in [5.41, 5.74) is -0.191. The molecule has 0 aliphatic carbocycles. The summed E-state index contributed by atoms with van der Waals surface area (Å²) in [4.78, 5) is 21.2. The third-order valence-corrected chi connectivity index (χ3v) is 3.89. The molecule has 0 bridgehead atoms. The van der Waals surface area contributed by atoms with E-state index in [4.69, 9.17) is 4.74 Å². The van der Waals surface area contributed by atoms with Gasteiger partial charge in [0.1, 0.15) is 11.4 Å². The van der Waals surface area contributed by atoms with E-state index >= 15 is 0 Å². The van der Waals surface area contributed by atoms with Crippen LogP contribution >= 0.6 is 15.9 Å². The molecular weight excluding hydrogens is 334 g/mol. The van der Waals surface area contributed by atoms with Crippen molar-refractivity contribution in [3.8, 4) is 0 Å². The fraction of sp³-hybridized carbons (Fsp3) is 0.600. The van der Waals surface area contributed by atoms with Crippen LogP contribution < -0.4 is 4.90 Å². The number of rotatable bonds is 2. The number of hydrogen-bond donors (Lipinski definition) is 0. The lowest BCUT2D eigenvalue weighted by atomic mass is 10.2. The first-order valence-corrected chi connectivity index (χ1v) is 7.89. The van der Waals surface area contributed by atoms with E-state index in [2.05, 4.69) is 37.8 Å². The van der Waals surface area contributed by atoms with Crippen LogP contribution in [0.4, 0.5) is 5.82 Å². The van der Waals surface area contributed by atoms with Crippen LogP contribution in [0.1, 0.15) is 31.3 Å². The fourth-order valence-electron chi connectivity index (χ4n) is 2.11. The summed E-state index contributed by atoms with van der Waals surface area (Å²) < 4.78 is 6.07. The number of anilines is 1. The minimum Gasteiger partial charge on any atom is -0.455 e. The van der Waals surface area contributed by atoms with Gasteiger partial charge < -0.3 is 14.5 Å². The van der Waals surface area contributed by atoms with Crippen LogP contribution in [0.5, 0.6) is 0 Å². The summed E-state index contributed by atoms with van der Waals surface area (Å²) in [7, 11) is 2.11. The summed E-state index contributed by atoms with van der Waals surface area (Å²) in [6, 6.07) is 3.79. The van der Waals surface area contributed by atoms with Crippen LogP contribution in [0.25, 0.3) is 0 Å². The second-order valence-electron chi connectivity index (χ2n) is 6.29. The molecule has 0 N–H and O–H groups in total. The predicted molar refractivity (Wildman–Crippen MR) is 86.8 cm³/mol. The van der Waals surface area contributed by atoms with E-state index in [0.717, 1.165) is 32.0 Å². The predicted octanol–water partition coefficient (Wildman–Crippen LogP) is 2.55. The molecule has 2 heterocycles. The van der Waals surface area contributed by atoms with Gasteiger partial charge in [0.05, 0.1) is 4.47 Å². The van der Waals surface area contributed by atoms with Crippen molar-refractivity contribution < 1.29 is 9.53 Å². The summed E-state index contributed by atoms with van der Waals surface area (Å²) in [5.74, 6) is 0.428. The Morgan fingerprint density at radius 2 is 1.86 bits per heavy atom. The molecule has 1 aromatic rings. The Kier molecular flexibility index (Phi) is 4.88. The zero-order valence-electron chi connectivity index (χ0n) is 13.0. The van der Waals surface area contributed by atoms with Crippen molar-refractivity contribution >= 4 is 27.7 Å². The van der Waals surface area contributed by atoms with Crippen LogP contribution in [0.2, 0.25) is 0 Å². The number of aromatic nitrogens is 1. The lowest BCUT2D eigenvalue weighted by Gasteiger charge is -2.33. The molecule has 5 nitrogen and oxygen atoms in total. The van der Waals surface area contributed by atoms with Crippen molar-refractivity contribution in [3.05, 3.63) is 22.3 Å². The van der Waals surface area contributed by atoms with E-state index in [1.165, 1.54) is 0 Å². The SMILES string of the molecule is CN1CCN(c2ccc(Br)c(C(=O)OC(C)(C)C)n2)CC1. The van der Waals surface area contributed by atoms with Crippen molar-refractivity contribution in [2.45, 2.75) is 26.4 Å². The molecule has 0 atom stereocenters. The summed E-state index contributed by atoms with van der Waals surface area (Å²) >= 11 is 3.38. The zero-order chi connectivity index (χ0) is 15.6. The quantitative estimate of drug-likeness (QED) is 0.762. The Labute approximate surface area is 134 Å². The minimum atomic E-state index is -0.526. The molecule has 1 aliphatic rings. The Balaban J connectivity index is 2.19. The van der Waals surface area contributed by atoms with Crippen LogP contribution in [-0.2, 0) is 4.74 Å². The maximum atomic E-state index is 12.2. The maximum absolute atomic E-state index is 12.2. The fourth-order valence-corrected chi connectivity index (χ4v) is 2.50. The summed E-state index contributed by atoms with van der Waals surface area (Å²) in [5, 5.41) is 0. The molecule has 1 saturated heterocycles. The van der Waals surface area contributed by atoms with Gasteiger partial charge in [0.15, 0.2) is 5.69 Å². The Morgan fingerprint density at radius 3 is 2.43 bits per heavy atom. The average molecular weight is 356 g/mol. The van der Waals surface area contributed by atoms with Gasteiger partial charge in [-0.05, 0) is 55.9 Å². The Bertz CT molecular complexity index is 520. The number of carbonyl (C=O) groups is 1. The molecule has 1 aromatic heterocycles. The van der Waals surface area contributed by atoms with E-state index in [1.807, 2.05) is 32.9 Å². The van der Waals surface area contributed by atoms with Crippen molar-refractivity contribution in [1.29, 1.82) is 0 Å². The van der Waals surface area contributed by atoms with E-state index in [9.17, 15) is 4.79 Å². The van der Waals surface area contributed by atoms with Gasteiger partial charge in [-0.3, -0.25) is 0 Å². The van der Waals surface area contributed by atoms with Crippen molar-refractivity contribution in [1.82, 2.24) is 9.88 Å². The van der Waals surface area contributed by atoms with Crippen molar-refractivity contribution in [3.63, 3.8) is 0 Å². The van der Waals surface area contributed by atoms with E-state index in [-0.39, 0.29) is 0 Å². The number of pyridine rings is 1. The van der Waals surface area contributed by atoms with Gasteiger partial charge in [0.2, 0.25) is 0 Å². The third-order valence-electron chi connectivity index (χ3n) is 3.25. The highest BCUT2D eigenvalue weighted by atomic mass is 79.9. The lowest BCUT2D eigenvalue weighted by Crippen LogP contribution is -2.45. The molecule has 1 aliphatic heterocycles. The largest absolute Gasteiger partial charge is 0.455 e. The van der Waals surface area contributed by atoms with Gasteiger partial charge in [-0.1, -0.05) is 0 Å². The molecule has 116 valence electrons. The molecule has 0 unspecified atom stereocenters. The zero-order valence-corrected chi connectivity index (χ0v) is 14.6. The lowest BCUT2D eigenvalue weighted by molar-refractivity contribution is 0.00618. The highest BCUT2D eigenvalue weighted by molar-refractivity contribution is 9.10. The molecule has 0 aromatic carbocycles. The minimum absolute atomic E-state index is 0.335. The Morgan fingerprint density at radius 1 is 1.24 bits per heavy atom. The number of nitrogens with zero attached hydrogens (tertiary/aromatic N) is 3. The van der Waals surface area contributed by atoms with Crippen LogP contribution in [0.3, 0.4) is 0 Å². The molecule has 6 heteroatoms. The van der Waals surface area contributed by atoms with Gasteiger partial charge in [-0.25, -0.2) is 9.78 Å². The van der Waals surface area contributed by atoms with Gasteiger partial charge in [0.25, 0.3) is 0 Å². The van der Waals surface area contributed by atoms with Crippen molar-refractivity contribution in [2.24, 2.45) is 0 Å². The molecule has 21 heavy (non-hydrogen) atoms. The maximum Gasteiger partial charge on any atom is 0.358 e. The first-order valence-electron chi connectivity index (χ1n) is 7.09. The van der Waals surface area contributed by atoms with Gasteiger partial charge in [-0.2, -0.15) is 0 Å². The van der Waals surface area contributed by atoms with Crippen molar-refractivity contribution in [2.75, 3.05) is 38.1 Å². The molecule has 0 spiro atoms. The highest BCUT2D eigenvalue weighted by Crippen LogP contribution is 2.23. The molecular formula is C15H22BrN3O2. The smallest absolute Gasteiger partial charge is 0.358 e. The van der Waals surface area contributed by atoms with E-state index in [0.29, 0.717) is 10.2 Å². The molecule has 2 rings (SSSR count). The second-order valence-corrected chi connectivity index (χ2v) is 7.15. The number of esters is 1. The summed E-state index contributed by atoms with van der Waals surface area (Å²) in [6.45, 7) is 9.38.